The van der Waals surface area contributed by atoms with Crippen LogP contribution in [-0.2, 0) is 4.79 Å². The number of ether oxygens (including phenoxy) is 1. The molecule has 152 valence electrons. The molecule has 6 heteroatoms. The Kier molecular flexibility index (Phi) is 6.75. The summed E-state index contributed by atoms with van der Waals surface area (Å²) in [5.41, 5.74) is 3.35. The van der Waals surface area contributed by atoms with E-state index in [1.165, 1.54) is 37.6 Å². The number of thioether (sulfide) groups is 1. The highest BCUT2D eigenvalue weighted by atomic mass is 32.2. The van der Waals surface area contributed by atoms with Gasteiger partial charge in [-0.1, -0.05) is 18.2 Å². The number of hydrogen-bond donors (Lipinski definition) is 2. The van der Waals surface area contributed by atoms with Crippen LogP contribution in [0.4, 0.5) is 11.4 Å². The van der Waals surface area contributed by atoms with Crippen molar-refractivity contribution in [3.05, 3.63) is 60.3 Å². The number of rotatable bonds is 8. The lowest BCUT2D eigenvalue weighted by Gasteiger charge is -2.25. The highest BCUT2D eigenvalue weighted by Gasteiger charge is 2.23. The number of hydrogen-bond acceptors (Lipinski definition) is 5. The minimum atomic E-state index is -0.0815. The molecule has 0 aromatic heterocycles. The maximum atomic E-state index is 12.1. The lowest BCUT2D eigenvalue weighted by atomic mass is 10.1. The lowest BCUT2D eigenvalue weighted by molar-refractivity contribution is -0.110. The van der Waals surface area contributed by atoms with E-state index in [9.17, 15) is 4.79 Å². The third kappa shape index (κ3) is 5.34. The van der Waals surface area contributed by atoms with Crippen molar-refractivity contribution in [3.8, 4) is 5.75 Å². The van der Waals surface area contributed by atoms with Gasteiger partial charge in [0.15, 0.2) is 0 Å². The second-order valence-corrected chi connectivity index (χ2v) is 8.46. The Bertz CT molecular complexity index is 861. The Morgan fingerprint density at radius 1 is 1.07 bits per heavy atom. The van der Waals surface area contributed by atoms with Crippen molar-refractivity contribution in [3.63, 3.8) is 0 Å². The van der Waals surface area contributed by atoms with Gasteiger partial charge in [0, 0.05) is 47.7 Å². The van der Waals surface area contributed by atoms with Gasteiger partial charge in [0.2, 0.25) is 0 Å². The second-order valence-electron chi connectivity index (χ2n) is 7.24. The van der Waals surface area contributed by atoms with Crippen LogP contribution in [0.25, 0.3) is 5.57 Å². The van der Waals surface area contributed by atoms with Crippen LogP contribution in [0.3, 0.4) is 0 Å². The molecular weight excluding hydrogens is 382 g/mol. The summed E-state index contributed by atoms with van der Waals surface area (Å²) in [7, 11) is 0. The van der Waals surface area contributed by atoms with E-state index in [1.807, 2.05) is 48.5 Å². The van der Waals surface area contributed by atoms with Gasteiger partial charge in [-0.3, -0.25) is 4.79 Å². The topological polar surface area (TPSA) is 53.6 Å². The number of fused-ring (bicyclic) bond motifs is 1. The average molecular weight is 410 g/mol. The summed E-state index contributed by atoms with van der Waals surface area (Å²) in [6.45, 7) is 4.38. The number of nitrogens with one attached hydrogen (secondary N) is 2. The van der Waals surface area contributed by atoms with Gasteiger partial charge in [-0.05, 0) is 49.7 Å². The minimum absolute atomic E-state index is 0.0815. The van der Waals surface area contributed by atoms with E-state index < -0.39 is 0 Å². The summed E-state index contributed by atoms with van der Waals surface area (Å²) in [6.07, 6.45) is 4.02. The zero-order valence-corrected chi connectivity index (χ0v) is 17.3. The predicted molar refractivity (Wildman–Crippen MR) is 122 cm³/mol. The molecule has 1 fully saturated rings. The Morgan fingerprint density at radius 2 is 1.86 bits per heavy atom. The molecule has 0 radical (unpaired) electrons. The fraction of sp³-hybridized carbons (Fsp3) is 0.348. The summed E-state index contributed by atoms with van der Waals surface area (Å²) in [6, 6.07) is 15.6. The summed E-state index contributed by atoms with van der Waals surface area (Å²) in [4.78, 5) is 14.7. The van der Waals surface area contributed by atoms with E-state index in [4.69, 9.17) is 4.74 Å². The van der Waals surface area contributed by atoms with Crippen molar-refractivity contribution in [2.24, 2.45) is 0 Å². The van der Waals surface area contributed by atoms with Crippen LogP contribution in [0.15, 0.2) is 54.7 Å². The van der Waals surface area contributed by atoms with Gasteiger partial charge in [0.25, 0.3) is 5.91 Å². The molecule has 1 amide bonds. The molecule has 29 heavy (non-hydrogen) atoms. The molecular formula is C23H27N3O2S. The van der Waals surface area contributed by atoms with Crippen LogP contribution in [0.5, 0.6) is 5.75 Å². The van der Waals surface area contributed by atoms with Gasteiger partial charge >= 0.3 is 0 Å². The van der Waals surface area contributed by atoms with E-state index in [0.717, 1.165) is 35.7 Å². The number of amides is 1. The summed E-state index contributed by atoms with van der Waals surface area (Å²) in [5, 5.41) is 6.09. The fourth-order valence-electron chi connectivity index (χ4n) is 3.54. The van der Waals surface area contributed by atoms with Crippen molar-refractivity contribution < 1.29 is 9.53 Å². The number of carbonyl (C=O) groups is 1. The van der Waals surface area contributed by atoms with E-state index in [0.29, 0.717) is 5.57 Å². The van der Waals surface area contributed by atoms with E-state index in [2.05, 4.69) is 27.3 Å². The van der Waals surface area contributed by atoms with Crippen LogP contribution in [0.1, 0.15) is 18.4 Å². The van der Waals surface area contributed by atoms with Gasteiger partial charge in [-0.15, -0.1) is 0 Å². The maximum absolute atomic E-state index is 12.1. The van der Waals surface area contributed by atoms with Gasteiger partial charge in [0.1, 0.15) is 5.75 Å². The van der Waals surface area contributed by atoms with Crippen molar-refractivity contribution in [1.82, 2.24) is 4.90 Å². The minimum Gasteiger partial charge on any atom is -0.494 e. The maximum Gasteiger partial charge on any atom is 0.257 e. The largest absolute Gasteiger partial charge is 0.494 e. The van der Waals surface area contributed by atoms with E-state index >= 15 is 0 Å². The predicted octanol–water partition coefficient (Wildman–Crippen LogP) is 4.30. The number of nitrogens with zero attached hydrogens (tertiary/aromatic N) is 1. The number of carbonyl (C=O) groups excluding carboxylic acids is 1. The zero-order chi connectivity index (χ0) is 19.9. The van der Waals surface area contributed by atoms with Crippen molar-refractivity contribution >= 4 is 34.6 Å². The zero-order valence-electron chi connectivity index (χ0n) is 16.5. The quantitative estimate of drug-likeness (QED) is 0.503. The Hall–Kier alpha value is -2.44. The Balaban J connectivity index is 1.22. The SMILES string of the molecule is O=C1Nc2ccccc2/C1=C\Nc1ccc(OCCCCN2CCSCC2)cc1. The molecule has 0 spiro atoms. The van der Waals surface area contributed by atoms with Crippen molar-refractivity contribution in [2.75, 3.05) is 48.4 Å². The molecule has 4 rings (SSSR count). The number of para-hydroxylation sites is 1. The van der Waals surface area contributed by atoms with Crippen LogP contribution in [0.2, 0.25) is 0 Å². The molecule has 2 N–H and O–H groups in total. The molecule has 0 unspecified atom stereocenters. The van der Waals surface area contributed by atoms with Crippen LogP contribution in [0, 0.1) is 0 Å². The molecule has 0 atom stereocenters. The number of benzene rings is 2. The Morgan fingerprint density at radius 3 is 2.69 bits per heavy atom. The second kappa shape index (κ2) is 9.85. The standard InChI is InChI=1S/C23H27N3O2S/c27-23-21(20-5-1-2-6-22(20)25-23)17-24-18-7-9-19(10-8-18)28-14-4-3-11-26-12-15-29-16-13-26/h1-2,5-10,17,24H,3-4,11-16H2,(H,25,27)/b21-17+. The molecule has 2 aliphatic heterocycles. The normalized spacial score (nSPS) is 17.8. The summed E-state index contributed by atoms with van der Waals surface area (Å²) < 4.78 is 5.86. The first-order valence-corrected chi connectivity index (χ1v) is 11.4. The first-order valence-electron chi connectivity index (χ1n) is 10.2. The highest BCUT2D eigenvalue weighted by molar-refractivity contribution is 7.99. The molecule has 2 aromatic carbocycles. The smallest absolute Gasteiger partial charge is 0.257 e. The molecule has 2 aliphatic rings. The third-order valence-electron chi connectivity index (χ3n) is 5.19. The summed E-state index contributed by atoms with van der Waals surface area (Å²) >= 11 is 2.05. The van der Waals surface area contributed by atoms with Gasteiger partial charge in [-0.25, -0.2) is 0 Å². The first kappa shape index (κ1) is 19.9. The molecule has 1 saturated heterocycles. The van der Waals surface area contributed by atoms with Crippen LogP contribution >= 0.6 is 11.8 Å². The van der Waals surface area contributed by atoms with Crippen molar-refractivity contribution in [2.45, 2.75) is 12.8 Å². The molecule has 2 aromatic rings. The van der Waals surface area contributed by atoms with Crippen LogP contribution in [-0.4, -0.2) is 48.6 Å². The lowest BCUT2D eigenvalue weighted by Crippen LogP contribution is -2.33. The molecule has 0 bridgehead atoms. The Labute approximate surface area is 176 Å². The monoisotopic (exact) mass is 409 g/mol. The molecule has 5 nitrogen and oxygen atoms in total. The van der Waals surface area contributed by atoms with Crippen molar-refractivity contribution in [1.29, 1.82) is 0 Å². The third-order valence-corrected chi connectivity index (χ3v) is 6.13. The van der Waals surface area contributed by atoms with Gasteiger partial charge in [0.05, 0.1) is 12.2 Å². The molecule has 0 aliphatic carbocycles. The first-order chi connectivity index (χ1) is 14.3. The van der Waals surface area contributed by atoms with E-state index in [-0.39, 0.29) is 5.91 Å². The van der Waals surface area contributed by atoms with Gasteiger partial charge < -0.3 is 20.3 Å². The molecule has 0 saturated carbocycles. The van der Waals surface area contributed by atoms with Crippen LogP contribution < -0.4 is 15.4 Å². The number of anilines is 2. The highest BCUT2D eigenvalue weighted by Crippen LogP contribution is 2.31. The van der Waals surface area contributed by atoms with E-state index in [1.54, 1.807) is 6.20 Å². The number of unbranched alkanes of at least 4 members (excludes halogenated alkanes) is 1. The summed E-state index contributed by atoms with van der Waals surface area (Å²) in [5.74, 6) is 3.33. The fourth-order valence-corrected chi connectivity index (χ4v) is 4.52. The average Bonchev–Trinajstić information content (AvgIpc) is 3.08. The van der Waals surface area contributed by atoms with Gasteiger partial charge in [-0.2, -0.15) is 11.8 Å². The molecule has 2 heterocycles.